The van der Waals surface area contributed by atoms with Crippen LogP contribution in [0.1, 0.15) is 10.9 Å². The van der Waals surface area contributed by atoms with Gasteiger partial charge >= 0.3 is 0 Å². The van der Waals surface area contributed by atoms with Gasteiger partial charge in [-0.2, -0.15) is 0 Å². The van der Waals surface area contributed by atoms with Crippen LogP contribution in [0.15, 0.2) is 30.3 Å². The Hall–Kier alpha value is 0.0500. The second kappa shape index (κ2) is 8.37. The Morgan fingerprint density at radius 1 is 1.21 bits per heavy atom. The van der Waals surface area contributed by atoms with Crippen LogP contribution in [0, 0.1) is 0 Å². The molecule has 80 valence electrons. The van der Waals surface area contributed by atoms with Gasteiger partial charge in [0, 0.05) is 0 Å². The fourth-order valence-electron chi connectivity index (χ4n) is 1.14. The number of quaternary nitrogens is 1. The molecule has 0 amide bonds. The summed E-state index contributed by atoms with van der Waals surface area (Å²) in [7, 11) is 0. The van der Waals surface area contributed by atoms with Gasteiger partial charge in [0.1, 0.15) is 5.38 Å². The van der Waals surface area contributed by atoms with E-state index in [1.165, 1.54) is 5.56 Å². The molecule has 0 aliphatic rings. The summed E-state index contributed by atoms with van der Waals surface area (Å²) in [5.74, 6) is 0.679. The summed E-state index contributed by atoms with van der Waals surface area (Å²) in [6, 6.07) is 10.1. The fourth-order valence-corrected chi connectivity index (χ4v) is 1.57. The fraction of sp³-hybridized carbons (Fsp3) is 0.400. The lowest BCUT2D eigenvalue weighted by Gasteiger charge is -2.07. The number of rotatable bonds is 5. The zero-order chi connectivity index (χ0) is 9.52. The van der Waals surface area contributed by atoms with E-state index in [1.807, 2.05) is 30.3 Å². The molecule has 14 heavy (non-hydrogen) atoms. The maximum Gasteiger partial charge on any atom is 0.107 e. The molecule has 0 aromatic heterocycles. The van der Waals surface area contributed by atoms with E-state index in [1.54, 1.807) is 0 Å². The van der Waals surface area contributed by atoms with Crippen LogP contribution in [0.4, 0.5) is 0 Å². The van der Waals surface area contributed by atoms with Crippen molar-refractivity contribution in [3.8, 4) is 0 Å². The van der Waals surface area contributed by atoms with E-state index in [2.05, 4.69) is 5.32 Å². The monoisotopic (exact) mass is 253 g/mol. The maximum atomic E-state index is 6.17. The van der Waals surface area contributed by atoms with Gasteiger partial charge in [-0.15, -0.1) is 23.2 Å². The number of hydrogen-bond donors (Lipinski definition) is 1. The third-order valence-corrected chi connectivity index (χ3v) is 2.50. The predicted octanol–water partition coefficient (Wildman–Crippen LogP) is -1.23. The highest BCUT2D eigenvalue weighted by Crippen LogP contribution is 2.16. The molecule has 1 aromatic carbocycles. The molecule has 4 heteroatoms. The molecule has 0 aliphatic heterocycles. The van der Waals surface area contributed by atoms with Gasteiger partial charge in [0.2, 0.25) is 0 Å². The first-order valence-corrected chi connectivity index (χ1v) is 5.38. The zero-order valence-corrected chi connectivity index (χ0v) is 10.1. The largest absolute Gasteiger partial charge is 1.00 e. The molecule has 1 unspecified atom stereocenters. The van der Waals surface area contributed by atoms with E-state index >= 15 is 0 Å². The summed E-state index contributed by atoms with van der Waals surface area (Å²) in [4.78, 5) is 0. The number of benzene rings is 1. The molecule has 2 N–H and O–H groups in total. The van der Waals surface area contributed by atoms with Crippen LogP contribution in [-0.2, 0) is 0 Å². The lowest BCUT2D eigenvalue weighted by Crippen LogP contribution is -3.00. The van der Waals surface area contributed by atoms with Crippen molar-refractivity contribution in [3.63, 3.8) is 0 Å². The number of halogens is 3. The Morgan fingerprint density at radius 3 is 2.43 bits per heavy atom. The minimum absolute atomic E-state index is 0. The first-order valence-electron chi connectivity index (χ1n) is 4.41. The highest BCUT2D eigenvalue weighted by atomic mass is 35.5. The van der Waals surface area contributed by atoms with Crippen molar-refractivity contribution in [2.75, 3.05) is 19.0 Å². The Balaban J connectivity index is 0.00000169. The van der Waals surface area contributed by atoms with Crippen LogP contribution < -0.4 is 17.7 Å². The molecule has 0 spiro atoms. The minimum Gasteiger partial charge on any atom is -1.00 e. The molecule has 1 atom stereocenters. The van der Waals surface area contributed by atoms with Gasteiger partial charge in [-0.25, -0.2) is 0 Å². The molecule has 1 aromatic rings. The van der Waals surface area contributed by atoms with Crippen LogP contribution >= 0.6 is 23.2 Å². The summed E-state index contributed by atoms with van der Waals surface area (Å²) >= 11 is 11.7. The first kappa shape index (κ1) is 14.1. The van der Waals surface area contributed by atoms with Gasteiger partial charge in [-0.05, 0) is 5.56 Å². The van der Waals surface area contributed by atoms with Crippen molar-refractivity contribution in [2.24, 2.45) is 0 Å². The summed E-state index contributed by atoms with van der Waals surface area (Å²) < 4.78 is 0. The third-order valence-electron chi connectivity index (χ3n) is 1.85. The van der Waals surface area contributed by atoms with Gasteiger partial charge in [0.25, 0.3) is 0 Å². The van der Waals surface area contributed by atoms with Crippen LogP contribution in [0.2, 0.25) is 0 Å². The van der Waals surface area contributed by atoms with E-state index < -0.39 is 0 Å². The van der Waals surface area contributed by atoms with Crippen molar-refractivity contribution in [1.29, 1.82) is 0 Å². The molecule has 1 rings (SSSR count). The van der Waals surface area contributed by atoms with Gasteiger partial charge in [0.15, 0.2) is 0 Å². The van der Waals surface area contributed by atoms with Crippen LogP contribution in [-0.4, -0.2) is 19.0 Å². The molecule has 0 fully saturated rings. The highest BCUT2D eigenvalue weighted by Gasteiger charge is 2.07. The number of alkyl halides is 2. The Morgan fingerprint density at radius 2 is 1.86 bits per heavy atom. The van der Waals surface area contributed by atoms with Crippen molar-refractivity contribution < 1.29 is 17.7 Å². The molecule has 1 nitrogen and oxygen atoms in total. The van der Waals surface area contributed by atoms with Gasteiger partial charge < -0.3 is 17.7 Å². The lowest BCUT2D eigenvalue weighted by atomic mass is 10.1. The summed E-state index contributed by atoms with van der Waals surface area (Å²) in [6.07, 6.45) is 0. The molecule has 0 saturated carbocycles. The molecule has 0 heterocycles. The highest BCUT2D eigenvalue weighted by molar-refractivity contribution is 6.20. The standard InChI is InChI=1S/C10H13Cl2N.ClH/c11-6-7-13-8-10(12)9-4-2-1-3-5-9;/h1-5,10,13H,6-8H2;1H. The van der Waals surface area contributed by atoms with Crippen LogP contribution in [0.3, 0.4) is 0 Å². The van der Waals surface area contributed by atoms with Gasteiger partial charge in [-0.3, -0.25) is 0 Å². The summed E-state index contributed by atoms with van der Waals surface area (Å²) in [5.41, 5.74) is 1.18. The van der Waals surface area contributed by atoms with E-state index in [9.17, 15) is 0 Å². The van der Waals surface area contributed by atoms with E-state index in [0.717, 1.165) is 13.1 Å². The van der Waals surface area contributed by atoms with Crippen molar-refractivity contribution in [1.82, 2.24) is 0 Å². The second-order valence-electron chi connectivity index (χ2n) is 2.88. The van der Waals surface area contributed by atoms with E-state index in [-0.39, 0.29) is 17.8 Å². The molecule has 0 bridgehead atoms. The van der Waals surface area contributed by atoms with Crippen LogP contribution in [0.5, 0.6) is 0 Å². The zero-order valence-electron chi connectivity index (χ0n) is 7.80. The smallest absolute Gasteiger partial charge is 0.107 e. The Bertz CT molecular complexity index is 228. The average Bonchev–Trinajstić information content (AvgIpc) is 2.19. The number of nitrogens with two attached hydrogens (primary N) is 1. The van der Waals surface area contributed by atoms with Gasteiger partial charge in [0.05, 0.1) is 19.0 Å². The maximum absolute atomic E-state index is 6.17. The van der Waals surface area contributed by atoms with E-state index in [0.29, 0.717) is 5.88 Å². The predicted molar refractivity (Wildman–Crippen MR) is 57.4 cm³/mol. The number of hydrogen-bond acceptors (Lipinski definition) is 0. The van der Waals surface area contributed by atoms with Crippen molar-refractivity contribution in [2.45, 2.75) is 5.38 Å². The minimum atomic E-state index is 0. The Kier molecular flexibility index (Phi) is 8.40. The Labute approximate surface area is 101 Å². The summed E-state index contributed by atoms with van der Waals surface area (Å²) in [6.45, 7) is 1.82. The van der Waals surface area contributed by atoms with E-state index in [4.69, 9.17) is 23.2 Å². The molecular formula is C10H14Cl3N. The SMILES string of the molecule is ClCC[NH2+]CC(Cl)c1ccccc1.[Cl-]. The first-order chi connectivity index (χ1) is 6.34. The van der Waals surface area contributed by atoms with Gasteiger partial charge in [-0.1, -0.05) is 30.3 Å². The van der Waals surface area contributed by atoms with Crippen molar-refractivity contribution >= 4 is 23.2 Å². The van der Waals surface area contributed by atoms with Crippen molar-refractivity contribution in [3.05, 3.63) is 35.9 Å². The average molecular weight is 255 g/mol. The summed E-state index contributed by atoms with van der Waals surface area (Å²) in [5, 5.41) is 2.22. The molecule has 0 saturated heterocycles. The molecule has 0 radical (unpaired) electrons. The third kappa shape index (κ3) is 5.06. The molecule has 0 aliphatic carbocycles. The topological polar surface area (TPSA) is 16.6 Å². The lowest BCUT2D eigenvalue weighted by molar-refractivity contribution is -0.651. The molecular weight excluding hydrogens is 240 g/mol. The van der Waals surface area contributed by atoms with Crippen LogP contribution in [0.25, 0.3) is 0 Å². The quantitative estimate of drug-likeness (QED) is 0.501. The normalized spacial score (nSPS) is 11.9. The second-order valence-corrected chi connectivity index (χ2v) is 3.79.